The molecule has 36 heavy (non-hydrogen) atoms. The van der Waals surface area contributed by atoms with Gasteiger partial charge in [0.05, 0.1) is 16.6 Å². The number of nitrogens with one attached hydrogen (secondary N) is 2. The third-order valence-corrected chi connectivity index (χ3v) is 6.87. The van der Waals surface area contributed by atoms with Crippen LogP contribution in [0.3, 0.4) is 0 Å². The summed E-state index contributed by atoms with van der Waals surface area (Å²) in [5.41, 5.74) is 1.71. The number of benzene rings is 2. The Bertz CT molecular complexity index is 1410. The molecule has 1 aliphatic carbocycles. The van der Waals surface area contributed by atoms with Crippen molar-refractivity contribution in [2.75, 3.05) is 12.1 Å². The number of rotatable bonds is 6. The van der Waals surface area contributed by atoms with Gasteiger partial charge in [-0.15, -0.1) is 5.11 Å². The summed E-state index contributed by atoms with van der Waals surface area (Å²) in [6.07, 6.45) is 1.66. The summed E-state index contributed by atoms with van der Waals surface area (Å²) < 4.78 is 28.2. The Morgan fingerprint density at radius 3 is 2.67 bits per heavy atom. The number of carbonyl (C=O) groups excluding carboxylic acids is 1. The topological polar surface area (TPSA) is 127 Å². The third kappa shape index (κ3) is 4.16. The maximum Gasteiger partial charge on any atom is 0.235 e. The average molecular weight is 497 g/mol. The van der Waals surface area contributed by atoms with E-state index in [9.17, 15) is 4.79 Å². The van der Waals surface area contributed by atoms with Crippen molar-refractivity contribution in [3.05, 3.63) is 53.5 Å². The van der Waals surface area contributed by atoms with Crippen molar-refractivity contribution in [3.63, 3.8) is 0 Å². The van der Waals surface area contributed by atoms with Crippen molar-refractivity contribution in [2.45, 2.75) is 57.4 Å². The van der Waals surface area contributed by atoms with E-state index in [0.29, 0.717) is 42.8 Å². The highest BCUT2D eigenvalue weighted by molar-refractivity contribution is 6.03. The molecule has 0 unspecified atom stereocenters. The lowest BCUT2D eigenvalue weighted by atomic mass is 9.92. The number of ether oxygens (including phenoxy) is 2. The monoisotopic (exact) mass is 496 g/mol. The van der Waals surface area contributed by atoms with Gasteiger partial charge in [-0.05, 0) is 42.7 Å². The molecule has 0 bridgehead atoms. The average Bonchev–Trinajstić information content (AvgIpc) is 3.37. The zero-order valence-electron chi connectivity index (χ0n) is 20.5. The zero-order chi connectivity index (χ0) is 25.7. The van der Waals surface area contributed by atoms with E-state index >= 15 is 4.39 Å². The first-order valence-corrected chi connectivity index (χ1v) is 11.9. The Balaban J connectivity index is 0.00000200. The van der Waals surface area contributed by atoms with Gasteiger partial charge in [-0.25, -0.2) is 4.39 Å². The van der Waals surface area contributed by atoms with E-state index in [2.05, 4.69) is 36.4 Å². The number of halogens is 1. The van der Waals surface area contributed by atoms with Crippen LogP contribution in [-0.2, 0) is 22.2 Å². The Morgan fingerprint density at radius 1 is 1.22 bits per heavy atom. The SMILES string of the molecule is CC(C)(C)c1cc2cc(NC(=O)C3(c4ccc5c(c4)OCO5)CC3)c(F)cc2n1CCC(=N)N=NN.[HH].[HH]. The molecule has 10 heteroatoms. The van der Waals surface area contributed by atoms with Gasteiger partial charge in [0.1, 0.15) is 11.7 Å². The molecule has 0 radical (unpaired) electrons. The van der Waals surface area contributed by atoms with Crippen LogP contribution in [0, 0.1) is 11.2 Å². The molecule has 1 aliphatic heterocycles. The number of nitrogens with zero attached hydrogens (tertiary/aromatic N) is 3. The molecule has 4 N–H and O–H groups in total. The van der Waals surface area contributed by atoms with Gasteiger partial charge in [-0.3, -0.25) is 10.2 Å². The molecule has 2 aliphatic rings. The predicted molar refractivity (Wildman–Crippen MR) is 138 cm³/mol. The minimum atomic E-state index is -0.706. The number of aryl methyl sites for hydroxylation is 1. The van der Waals surface area contributed by atoms with Gasteiger partial charge in [-0.1, -0.05) is 32.1 Å². The number of amidine groups is 1. The molecule has 1 amide bonds. The molecule has 0 spiro atoms. The van der Waals surface area contributed by atoms with Crippen LogP contribution in [0.4, 0.5) is 10.1 Å². The molecule has 192 valence electrons. The Labute approximate surface area is 210 Å². The smallest absolute Gasteiger partial charge is 0.235 e. The van der Waals surface area contributed by atoms with Crippen LogP contribution in [0.5, 0.6) is 11.5 Å². The van der Waals surface area contributed by atoms with Crippen molar-refractivity contribution < 1.29 is 21.5 Å². The number of nitrogens with two attached hydrogens (primary N) is 1. The molecule has 9 nitrogen and oxygen atoms in total. The van der Waals surface area contributed by atoms with Crippen LogP contribution in [0.15, 0.2) is 46.7 Å². The highest BCUT2D eigenvalue weighted by atomic mass is 19.1. The van der Waals surface area contributed by atoms with E-state index in [-0.39, 0.29) is 32.5 Å². The maximum atomic E-state index is 15.3. The fourth-order valence-corrected chi connectivity index (χ4v) is 4.79. The quantitative estimate of drug-likeness (QED) is 0.134. The largest absolute Gasteiger partial charge is 0.454 e. The van der Waals surface area contributed by atoms with E-state index < -0.39 is 11.2 Å². The highest BCUT2D eigenvalue weighted by Crippen LogP contribution is 2.51. The van der Waals surface area contributed by atoms with Crippen LogP contribution in [-0.4, -0.2) is 23.1 Å². The summed E-state index contributed by atoms with van der Waals surface area (Å²) in [7, 11) is 0. The van der Waals surface area contributed by atoms with E-state index in [1.165, 1.54) is 6.07 Å². The van der Waals surface area contributed by atoms with Gasteiger partial charge < -0.3 is 25.2 Å². The number of fused-ring (bicyclic) bond motifs is 2. The second-order valence-corrected chi connectivity index (χ2v) is 10.3. The summed E-state index contributed by atoms with van der Waals surface area (Å²) >= 11 is 0. The van der Waals surface area contributed by atoms with Crippen molar-refractivity contribution in [3.8, 4) is 11.5 Å². The Morgan fingerprint density at radius 2 is 1.97 bits per heavy atom. The Hall–Kier alpha value is -3.95. The molecule has 1 aromatic heterocycles. The van der Waals surface area contributed by atoms with E-state index in [1.54, 1.807) is 6.07 Å². The minimum absolute atomic E-state index is 0. The molecule has 1 fully saturated rings. The molecule has 0 atom stereocenters. The maximum absolute atomic E-state index is 15.3. The standard InChI is InChI=1S/C26H29FN6O3.2H2/c1-25(2,3)22-11-15-10-18(17(27)13-19(15)33(22)9-6-23(28)31-32-29)30-24(34)26(7-8-26)16-4-5-20-21(12-16)36-14-35-20;;/h4-5,10-13H,6-9,14H2,1-3H3,(H,30,34)(H3,28,29,31);2*1H. The molecule has 2 heterocycles. The molecule has 3 aromatic rings. The molecule has 2 aromatic carbocycles. The third-order valence-electron chi connectivity index (χ3n) is 6.87. The van der Waals surface area contributed by atoms with Gasteiger partial charge >= 0.3 is 0 Å². The number of hydrogen-bond donors (Lipinski definition) is 3. The first kappa shape index (κ1) is 23.8. The lowest BCUT2D eigenvalue weighted by Gasteiger charge is -2.22. The zero-order valence-corrected chi connectivity index (χ0v) is 20.5. The van der Waals surface area contributed by atoms with Gasteiger partial charge in [0, 0.05) is 38.4 Å². The summed E-state index contributed by atoms with van der Waals surface area (Å²) in [5, 5.41) is 18.2. The summed E-state index contributed by atoms with van der Waals surface area (Å²) in [5.74, 6) is 5.62. The van der Waals surface area contributed by atoms with Gasteiger partial charge in [0.25, 0.3) is 0 Å². The minimum Gasteiger partial charge on any atom is -0.454 e. The van der Waals surface area contributed by atoms with Crippen LogP contribution >= 0.6 is 0 Å². The lowest BCUT2D eigenvalue weighted by Crippen LogP contribution is -2.28. The first-order chi connectivity index (χ1) is 17.1. The normalized spacial score (nSPS) is 16.0. The van der Waals surface area contributed by atoms with Gasteiger partial charge in [-0.2, -0.15) is 0 Å². The number of anilines is 1. The van der Waals surface area contributed by atoms with Crippen molar-refractivity contribution in [1.29, 1.82) is 5.41 Å². The fraction of sp³-hybridized carbons (Fsp3) is 0.385. The van der Waals surface area contributed by atoms with Crippen molar-refractivity contribution >= 4 is 28.3 Å². The highest BCUT2D eigenvalue weighted by Gasteiger charge is 2.52. The molecular weight excluding hydrogens is 463 g/mol. The number of aromatic nitrogens is 1. The summed E-state index contributed by atoms with van der Waals surface area (Å²) in [6.45, 7) is 6.81. The lowest BCUT2D eigenvalue weighted by molar-refractivity contribution is -0.118. The summed E-state index contributed by atoms with van der Waals surface area (Å²) in [6, 6.07) is 10.6. The van der Waals surface area contributed by atoms with Crippen LogP contribution < -0.4 is 20.6 Å². The predicted octanol–water partition coefficient (Wildman–Crippen LogP) is 5.66. The molecule has 0 saturated heterocycles. The van der Waals surface area contributed by atoms with Crippen LogP contribution in [0.25, 0.3) is 10.9 Å². The van der Waals surface area contributed by atoms with E-state index in [1.807, 2.05) is 28.8 Å². The van der Waals surface area contributed by atoms with E-state index in [4.69, 9.17) is 20.7 Å². The van der Waals surface area contributed by atoms with Crippen molar-refractivity contribution in [2.24, 2.45) is 16.2 Å². The van der Waals surface area contributed by atoms with Crippen LogP contribution in [0.1, 0.15) is 54.1 Å². The second kappa shape index (κ2) is 8.61. The number of hydrogen-bond acceptors (Lipinski definition) is 5. The first-order valence-electron chi connectivity index (χ1n) is 11.9. The number of carbonyl (C=O) groups is 1. The number of amides is 1. The summed E-state index contributed by atoms with van der Waals surface area (Å²) in [4.78, 5) is 13.3. The second-order valence-electron chi connectivity index (χ2n) is 10.3. The van der Waals surface area contributed by atoms with Gasteiger partial charge in [0.15, 0.2) is 11.5 Å². The molecular formula is C26H33FN6O3. The Kier molecular flexibility index (Phi) is 5.69. The van der Waals surface area contributed by atoms with E-state index in [0.717, 1.165) is 16.6 Å². The fourth-order valence-electron chi connectivity index (χ4n) is 4.79. The van der Waals surface area contributed by atoms with Crippen LogP contribution in [0.2, 0.25) is 0 Å². The molecule has 5 rings (SSSR count). The van der Waals surface area contributed by atoms with Crippen molar-refractivity contribution in [1.82, 2.24) is 4.57 Å². The molecule has 1 saturated carbocycles. The van der Waals surface area contributed by atoms with Gasteiger partial charge in [0.2, 0.25) is 12.7 Å².